The highest BCUT2D eigenvalue weighted by Crippen LogP contribution is 2.37. The average molecular weight is 379 g/mol. The number of fused-ring (bicyclic) bond motifs is 1. The second-order valence-corrected chi connectivity index (χ2v) is 6.83. The first-order valence-electron chi connectivity index (χ1n) is 8.78. The van der Waals surface area contributed by atoms with E-state index in [9.17, 15) is 20.1 Å². The van der Waals surface area contributed by atoms with Crippen molar-refractivity contribution in [2.75, 3.05) is 12.3 Å². The van der Waals surface area contributed by atoms with Crippen LogP contribution in [0.15, 0.2) is 12.7 Å². The monoisotopic (exact) mass is 379 g/mol. The summed E-state index contributed by atoms with van der Waals surface area (Å²) in [5.41, 5.74) is 6.47. The van der Waals surface area contributed by atoms with E-state index < -0.39 is 42.5 Å². The number of rotatable bonds is 3. The van der Waals surface area contributed by atoms with Gasteiger partial charge in [0, 0.05) is 6.61 Å². The third kappa shape index (κ3) is 3.02. The molecule has 0 amide bonds. The van der Waals surface area contributed by atoms with E-state index in [1.807, 2.05) is 0 Å². The molecule has 2 saturated heterocycles. The minimum atomic E-state index is -1.32. The van der Waals surface area contributed by atoms with E-state index in [4.69, 9.17) is 15.2 Å². The average Bonchev–Trinajstić information content (AvgIpc) is 3.08. The molecule has 27 heavy (non-hydrogen) atoms. The molecule has 11 nitrogen and oxygen atoms in total. The van der Waals surface area contributed by atoms with Crippen LogP contribution >= 0.6 is 0 Å². The van der Waals surface area contributed by atoms with Crippen LogP contribution in [-0.4, -0.2) is 71.8 Å². The van der Waals surface area contributed by atoms with Crippen LogP contribution in [0.5, 0.6) is 0 Å². The first kappa shape index (κ1) is 18.0. The van der Waals surface area contributed by atoms with Gasteiger partial charge in [-0.25, -0.2) is 15.0 Å². The van der Waals surface area contributed by atoms with Gasteiger partial charge >= 0.3 is 5.97 Å². The predicted molar refractivity (Wildman–Crippen MR) is 90.4 cm³/mol. The number of hydrogen-bond donors (Lipinski definition) is 4. The third-order valence-corrected chi connectivity index (χ3v) is 5.19. The van der Waals surface area contributed by atoms with Crippen molar-refractivity contribution < 1.29 is 29.6 Å². The van der Waals surface area contributed by atoms with Crippen LogP contribution in [0, 0.1) is 5.92 Å². The number of hydrogen-bond acceptors (Lipinski definition) is 9. The van der Waals surface area contributed by atoms with Crippen molar-refractivity contribution in [3.63, 3.8) is 0 Å². The molecule has 2 aromatic heterocycles. The molecule has 11 heteroatoms. The number of aliphatic hydroxyl groups is 2. The number of aliphatic carboxylic acids is 1. The molecule has 0 aromatic carbocycles. The molecular formula is C16H21N5O6. The quantitative estimate of drug-likeness (QED) is 0.535. The van der Waals surface area contributed by atoms with Gasteiger partial charge in [-0.2, -0.15) is 0 Å². The number of aromatic nitrogens is 4. The van der Waals surface area contributed by atoms with Gasteiger partial charge in [0.1, 0.15) is 30.2 Å². The molecule has 2 aliphatic heterocycles. The van der Waals surface area contributed by atoms with E-state index in [-0.39, 0.29) is 5.82 Å². The maximum Gasteiger partial charge on any atom is 0.309 e. The molecule has 0 aliphatic carbocycles. The number of aliphatic hydroxyl groups excluding tert-OH is 2. The van der Waals surface area contributed by atoms with Crippen molar-refractivity contribution in [1.29, 1.82) is 0 Å². The predicted octanol–water partition coefficient (Wildman–Crippen LogP) is -0.702. The Morgan fingerprint density at radius 3 is 2.78 bits per heavy atom. The molecule has 4 rings (SSSR count). The van der Waals surface area contributed by atoms with Gasteiger partial charge in [0.05, 0.1) is 18.3 Å². The standard InChI is InChI=1S/C16H21N5O6/c17-13-8-14(19-5-18-13)21(6-20-8)15-10(23)9(22)12(27-15)11-7(16(24)25)3-1-2-4-26-11/h5-7,9-12,15,22-23H,1-4H2,(H,24,25)(H2,17,18,19)/t7?,9-,10+,11?,12-,15+/m0/s1. The van der Waals surface area contributed by atoms with Crippen LogP contribution in [0.25, 0.3) is 11.2 Å². The van der Waals surface area contributed by atoms with E-state index in [0.29, 0.717) is 30.6 Å². The van der Waals surface area contributed by atoms with Crippen LogP contribution in [0.1, 0.15) is 25.5 Å². The fraction of sp³-hybridized carbons (Fsp3) is 0.625. The highest BCUT2D eigenvalue weighted by Gasteiger charge is 2.51. The van der Waals surface area contributed by atoms with Gasteiger partial charge in [0.2, 0.25) is 0 Å². The largest absolute Gasteiger partial charge is 0.481 e. The fourth-order valence-corrected chi connectivity index (χ4v) is 3.80. The molecule has 6 atom stereocenters. The summed E-state index contributed by atoms with van der Waals surface area (Å²) < 4.78 is 13.0. The van der Waals surface area contributed by atoms with Gasteiger partial charge in [-0.1, -0.05) is 6.42 Å². The summed E-state index contributed by atoms with van der Waals surface area (Å²) in [5.74, 6) is -1.65. The number of nitrogens with zero attached hydrogens (tertiary/aromatic N) is 4. The van der Waals surface area contributed by atoms with Crippen molar-refractivity contribution in [1.82, 2.24) is 19.5 Å². The summed E-state index contributed by atoms with van der Waals surface area (Å²) in [5, 5.41) is 30.7. The summed E-state index contributed by atoms with van der Waals surface area (Å²) in [7, 11) is 0. The normalized spacial score (nSPS) is 34.6. The second kappa shape index (κ2) is 7.00. The van der Waals surface area contributed by atoms with Gasteiger partial charge in [-0.05, 0) is 12.8 Å². The van der Waals surface area contributed by atoms with Crippen molar-refractivity contribution in [3.8, 4) is 0 Å². The first-order valence-corrected chi connectivity index (χ1v) is 8.78. The fourth-order valence-electron chi connectivity index (χ4n) is 3.80. The number of carbonyl (C=O) groups is 1. The Hall–Kier alpha value is -2.34. The number of carboxylic acid groups (broad SMARTS) is 1. The van der Waals surface area contributed by atoms with E-state index in [0.717, 1.165) is 6.42 Å². The number of carboxylic acids is 1. The summed E-state index contributed by atoms with van der Waals surface area (Å²) >= 11 is 0. The Balaban J connectivity index is 1.65. The van der Waals surface area contributed by atoms with E-state index in [1.165, 1.54) is 17.2 Å². The van der Waals surface area contributed by atoms with Crippen molar-refractivity contribution >= 4 is 23.0 Å². The van der Waals surface area contributed by atoms with Crippen LogP contribution in [0.3, 0.4) is 0 Å². The zero-order chi connectivity index (χ0) is 19.1. The maximum absolute atomic E-state index is 11.7. The summed E-state index contributed by atoms with van der Waals surface area (Å²) in [6, 6.07) is 0. The molecule has 4 heterocycles. The van der Waals surface area contributed by atoms with E-state index in [1.54, 1.807) is 0 Å². The molecule has 0 saturated carbocycles. The number of ether oxygens (including phenoxy) is 2. The lowest BCUT2D eigenvalue weighted by atomic mass is 9.90. The minimum absolute atomic E-state index is 0.182. The van der Waals surface area contributed by atoms with Crippen molar-refractivity contribution in [2.24, 2.45) is 5.92 Å². The number of imidazole rings is 1. The lowest BCUT2D eigenvalue weighted by Gasteiger charge is -2.28. The molecule has 2 aromatic rings. The first-order chi connectivity index (χ1) is 13.0. The summed E-state index contributed by atoms with van der Waals surface area (Å²) in [6.07, 6.45) is -0.990. The van der Waals surface area contributed by atoms with Crippen LogP contribution in [-0.2, 0) is 14.3 Å². The Morgan fingerprint density at radius 1 is 1.19 bits per heavy atom. The number of anilines is 1. The molecular weight excluding hydrogens is 358 g/mol. The van der Waals surface area contributed by atoms with Crippen molar-refractivity contribution in [2.45, 2.75) is 49.9 Å². The van der Waals surface area contributed by atoms with E-state index in [2.05, 4.69) is 15.0 Å². The lowest BCUT2D eigenvalue weighted by Crippen LogP contribution is -2.45. The third-order valence-electron chi connectivity index (χ3n) is 5.19. The molecule has 0 spiro atoms. The minimum Gasteiger partial charge on any atom is -0.481 e. The molecule has 2 aliphatic rings. The molecule has 2 unspecified atom stereocenters. The maximum atomic E-state index is 11.7. The van der Waals surface area contributed by atoms with E-state index >= 15 is 0 Å². The van der Waals surface area contributed by atoms with Gasteiger partial charge in [0.15, 0.2) is 17.7 Å². The number of nitrogen functional groups attached to an aromatic ring is 1. The molecule has 5 N–H and O–H groups in total. The van der Waals surface area contributed by atoms with Crippen molar-refractivity contribution in [3.05, 3.63) is 12.7 Å². The van der Waals surface area contributed by atoms with Crippen LogP contribution < -0.4 is 5.73 Å². The Kier molecular flexibility index (Phi) is 4.68. The zero-order valence-corrected chi connectivity index (χ0v) is 14.4. The number of nitrogens with two attached hydrogens (primary N) is 1. The summed E-state index contributed by atoms with van der Waals surface area (Å²) in [4.78, 5) is 23.8. The molecule has 146 valence electrons. The summed E-state index contributed by atoms with van der Waals surface area (Å²) in [6.45, 7) is 0.375. The Bertz CT molecular complexity index is 844. The molecule has 0 radical (unpaired) electrons. The smallest absolute Gasteiger partial charge is 0.309 e. The highest BCUT2D eigenvalue weighted by atomic mass is 16.6. The van der Waals surface area contributed by atoms with Crippen LogP contribution in [0.4, 0.5) is 5.82 Å². The Labute approximate surface area is 153 Å². The molecule has 0 bridgehead atoms. The zero-order valence-electron chi connectivity index (χ0n) is 14.4. The lowest BCUT2D eigenvalue weighted by molar-refractivity contribution is -0.159. The SMILES string of the molecule is Nc1ncnc2c1ncn2[C@@H]1O[C@H](C2OCCCCC2C(=O)O)[C@@H](O)[C@H]1O. The van der Waals surface area contributed by atoms with Gasteiger partial charge in [-0.3, -0.25) is 9.36 Å². The van der Waals surface area contributed by atoms with Gasteiger partial charge in [0.25, 0.3) is 0 Å². The van der Waals surface area contributed by atoms with Gasteiger partial charge in [-0.15, -0.1) is 0 Å². The highest BCUT2D eigenvalue weighted by molar-refractivity contribution is 5.81. The van der Waals surface area contributed by atoms with Crippen LogP contribution in [0.2, 0.25) is 0 Å². The second-order valence-electron chi connectivity index (χ2n) is 6.83. The topological polar surface area (TPSA) is 166 Å². The van der Waals surface area contributed by atoms with Gasteiger partial charge < -0.3 is 30.5 Å². The molecule has 2 fully saturated rings. The Morgan fingerprint density at radius 2 is 2.00 bits per heavy atom.